The van der Waals surface area contributed by atoms with Crippen LogP contribution in [0, 0.1) is 6.92 Å². The van der Waals surface area contributed by atoms with E-state index >= 15 is 0 Å². The summed E-state index contributed by atoms with van der Waals surface area (Å²) in [4.78, 5) is 21.6. The second-order valence-corrected chi connectivity index (χ2v) is 13.7. The van der Waals surface area contributed by atoms with Crippen molar-refractivity contribution in [1.82, 2.24) is 9.71 Å². The molecule has 0 unspecified atom stereocenters. The summed E-state index contributed by atoms with van der Waals surface area (Å²) in [5.41, 5.74) is 7.80. The van der Waals surface area contributed by atoms with E-state index in [2.05, 4.69) is 83.2 Å². The largest absolute Gasteiger partial charge is 0.379 e. The molecule has 2 N–H and O–H groups in total. The first kappa shape index (κ1) is 42.0. The maximum atomic E-state index is 13.4. The highest BCUT2D eigenvalue weighted by Gasteiger charge is 2.15. The summed E-state index contributed by atoms with van der Waals surface area (Å²) in [5, 5.41) is 3.15. The lowest BCUT2D eigenvalue weighted by Gasteiger charge is -2.23. The summed E-state index contributed by atoms with van der Waals surface area (Å²) in [5.74, 6) is -0.145. The van der Waals surface area contributed by atoms with Crippen molar-refractivity contribution in [1.29, 1.82) is 0 Å². The average Bonchev–Trinajstić information content (AvgIpc) is 3.18. The third kappa shape index (κ3) is 15.2. The van der Waals surface area contributed by atoms with Gasteiger partial charge in [-0.2, -0.15) is 0 Å². The molecule has 4 rings (SSSR count). The van der Waals surface area contributed by atoms with Crippen molar-refractivity contribution >= 4 is 29.2 Å². The van der Waals surface area contributed by atoms with E-state index in [1.807, 2.05) is 49.5 Å². The van der Waals surface area contributed by atoms with Gasteiger partial charge in [0, 0.05) is 54.1 Å². The number of carbonyl (C=O) groups excluding carboxylic acids is 1. The molecule has 1 heterocycles. The molecule has 0 saturated carbocycles. The van der Waals surface area contributed by atoms with E-state index in [0.717, 1.165) is 72.7 Å². The van der Waals surface area contributed by atoms with Gasteiger partial charge in [-0.3, -0.25) is 14.5 Å². The fourth-order valence-corrected chi connectivity index (χ4v) is 6.41. The Balaban J connectivity index is 1.05. The predicted molar refractivity (Wildman–Crippen MR) is 218 cm³/mol. The molecule has 1 amide bonds. The van der Waals surface area contributed by atoms with Crippen LogP contribution in [0.4, 0.5) is 11.4 Å². The van der Waals surface area contributed by atoms with Crippen molar-refractivity contribution in [2.75, 3.05) is 82.7 Å². The van der Waals surface area contributed by atoms with E-state index in [-0.39, 0.29) is 5.91 Å². The van der Waals surface area contributed by atoms with Crippen LogP contribution in [0.3, 0.4) is 0 Å². The Labute approximate surface area is 321 Å². The minimum atomic E-state index is -0.145. The molecule has 0 fully saturated rings. The standard InChI is InChI=1S/C43H58N4O5S/c1-5-10-35-14-17-39(18-15-35)53-45-22-24-50-26-28-52-30-29-51-27-25-49-23-9-12-36-11-8-13-37(32-36)43(48)46-41-19-16-38(47(6-2)7-3)33-40(41)42-31-34(4)20-21-44-42/h8,11,13-21,31-33,45H,5-7,9-10,12,22-30H2,1-4H3,(H,46,48). The number of ether oxygens (including phenoxy) is 4. The molecule has 4 aromatic rings. The van der Waals surface area contributed by atoms with Crippen LogP contribution >= 0.6 is 11.9 Å². The minimum Gasteiger partial charge on any atom is -0.379 e. The molecule has 0 spiro atoms. The molecule has 1 aromatic heterocycles. The van der Waals surface area contributed by atoms with Crippen LogP contribution in [-0.4, -0.2) is 83.4 Å². The molecule has 9 nitrogen and oxygen atoms in total. The van der Waals surface area contributed by atoms with Gasteiger partial charge in [0.1, 0.15) is 0 Å². The number of anilines is 2. The van der Waals surface area contributed by atoms with Gasteiger partial charge in [0.05, 0.1) is 57.6 Å². The molecule has 0 bridgehead atoms. The Morgan fingerprint density at radius 2 is 1.43 bits per heavy atom. The number of hydrogen-bond donors (Lipinski definition) is 2. The number of amides is 1. The van der Waals surface area contributed by atoms with E-state index < -0.39 is 0 Å². The summed E-state index contributed by atoms with van der Waals surface area (Å²) < 4.78 is 26.0. The highest BCUT2D eigenvalue weighted by Crippen LogP contribution is 2.32. The molecule has 286 valence electrons. The number of pyridine rings is 1. The normalized spacial score (nSPS) is 11.2. The molecule has 3 aromatic carbocycles. The zero-order valence-corrected chi connectivity index (χ0v) is 32.8. The lowest BCUT2D eigenvalue weighted by molar-refractivity contribution is -0.00133. The average molecular weight is 743 g/mol. The number of benzene rings is 3. The van der Waals surface area contributed by atoms with Crippen LogP contribution < -0.4 is 14.9 Å². The lowest BCUT2D eigenvalue weighted by Crippen LogP contribution is -2.22. The smallest absolute Gasteiger partial charge is 0.255 e. The summed E-state index contributed by atoms with van der Waals surface area (Å²) in [7, 11) is 0. The summed E-state index contributed by atoms with van der Waals surface area (Å²) >= 11 is 1.63. The molecule has 0 aliphatic heterocycles. The molecular weight excluding hydrogens is 685 g/mol. The minimum absolute atomic E-state index is 0.145. The van der Waals surface area contributed by atoms with Crippen molar-refractivity contribution in [3.05, 3.63) is 107 Å². The molecular formula is C43H58N4O5S. The molecule has 0 atom stereocenters. The van der Waals surface area contributed by atoms with Gasteiger partial charge in [-0.1, -0.05) is 37.6 Å². The fraction of sp³-hybridized carbons (Fsp3) is 0.442. The number of aromatic nitrogens is 1. The van der Waals surface area contributed by atoms with Crippen molar-refractivity contribution in [3.8, 4) is 11.3 Å². The topological polar surface area (TPSA) is 94.2 Å². The quantitative estimate of drug-likeness (QED) is 0.0486. The number of aryl methyl sites for hydroxylation is 3. The third-order valence-corrected chi connectivity index (χ3v) is 9.49. The zero-order chi connectivity index (χ0) is 37.5. The number of hydrogen-bond acceptors (Lipinski definition) is 9. The van der Waals surface area contributed by atoms with E-state index in [1.54, 1.807) is 11.9 Å². The van der Waals surface area contributed by atoms with Crippen molar-refractivity contribution in [2.45, 2.75) is 58.3 Å². The Morgan fingerprint density at radius 3 is 2.11 bits per heavy atom. The van der Waals surface area contributed by atoms with Crippen LogP contribution in [0.1, 0.15) is 60.7 Å². The van der Waals surface area contributed by atoms with Crippen LogP contribution in [-0.2, 0) is 31.8 Å². The van der Waals surface area contributed by atoms with Gasteiger partial charge >= 0.3 is 0 Å². The Morgan fingerprint density at radius 1 is 0.736 bits per heavy atom. The SMILES string of the molecule is CCCc1ccc(SNCCOCCOCCOCCOCCCc2cccc(C(=O)Nc3ccc(N(CC)CC)cc3-c3cc(C)ccn3)c2)cc1. The number of nitrogens with zero attached hydrogens (tertiary/aromatic N) is 2. The van der Waals surface area contributed by atoms with E-state index in [9.17, 15) is 4.79 Å². The van der Waals surface area contributed by atoms with Crippen molar-refractivity contribution < 1.29 is 23.7 Å². The number of nitrogens with one attached hydrogen (secondary N) is 2. The van der Waals surface area contributed by atoms with E-state index in [1.165, 1.54) is 16.9 Å². The highest BCUT2D eigenvalue weighted by atomic mass is 32.2. The number of carbonyl (C=O) groups is 1. The molecule has 10 heteroatoms. The van der Waals surface area contributed by atoms with Crippen LogP contribution in [0.2, 0.25) is 0 Å². The van der Waals surface area contributed by atoms with Crippen LogP contribution in [0.15, 0.2) is 90.0 Å². The first-order valence-electron chi connectivity index (χ1n) is 19.0. The molecule has 53 heavy (non-hydrogen) atoms. The monoisotopic (exact) mass is 742 g/mol. The molecule has 0 aliphatic carbocycles. The highest BCUT2D eigenvalue weighted by molar-refractivity contribution is 7.97. The fourth-order valence-electron chi connectivity index (χ4n) is 5.79. The van der Waals surface area contributed by atoms with Gasteiger partial charge in [0.2, 0.25) is 0 Å². The predicted octanol–water partition coefficient (Wildman–Crippen LogP) is 8.40. The van der Waals surface area contributed by atoms with Crippen LogP contribution in [0.5, 0.6) is 0 Å². The van der Waals surface area contributed by atoms with Gasteiger partial charge in [-0.05, 0) is 123 Å². The summed E-state index contributed by atoms with van der Waals surface area (Å²) in [6.07, 6.45) is 5.77. The maximum Gasteiger partial charge on any atom is 0.255 e. The van der Waals surface area contributed by atoms with Gasteiger partial charge < -0.3 is 29.2 Å². The zero-order valence-electron chi connectivity index (χ0n) is 32.0. The first-order chi connectivity index (χ1) is 26.0. The lowest BCUT2D eigenvalue weighted by atomic mass is 10.0. The van der Waals surface area contributed by atoms with Gasteiger partial charge in [0.25, 0.3) is 5.91 Å². The summed E-state index contributed by atoms with van der Waals surface area (Å²) in [6, 6.07) is 26.7. The van der Waals surface area contributed by atoms with Crippen molar-refractivity contribution in [2.24, 2.45) is 0 Å². The van der Waals surface area contributed by atoms with E-state index in [0.29, 0.717) is 58.4 Å². The van der Waals surface area contributed by atoms with Crippen LogP contribution in [0.25, 0.3) is 11.3 Å². The third-order valence-electron chi connectivity index (χ3n) is 8.63. The van der Waals surface area contributed by atoms with Gasteiger partial charge in [-0.15, -0.1) is 0 Å². The Kier molecular flexibility index (Phi) is 19.4. The first-order valence-corrected chi connectivity index (χ1v) is 19.8. The van der Waals surface area contributed by atoms with Crippen molar-refractivity contribution in [3.63, 3.8) is 0 Å². The maximum absolute atomic E-state index is 13.4. The second kappa shape index (κ2) is 24.5. The van der Waals surface area contributed by atoms with E-state index in [4.69, 9.17) is 18.9 Å². The van der Waals surface area contributed by atoms with Gasteiger partial charge in [0.15, 0.2) is 0 Å². The summed E-state index contributed by atoms with van der Waals surface area (Å²) in [6.45, 7) is 15.6. The molecule has 0 radical (unpaired) electrons. The number of rotatable bonds is 26. The molecule has 0 aliphatic rings. The Hall–Kier alpha value is -3.77. The Bertz CT molecular complexity index is 1630. The van der Waals surface area contributed by atoms with Gasteiger partial charge in [-0.25, -0.2) is 0 Å². The molecule has 0 saturated heterocycles. The second-order valence-electron chi connectivity index (χ2n) is 12.7.